The van der Waals surface area contributed by atoms with Gasteiger partial charge in [-0.2, -0.15) is 0 Å². The van der Waals surface area contributed by atoms with Crippen LogP contribution in [0.25, 0.3) is 22.6 Å². The Morgan fingerprint density at radius 1 is 1.42 bits per heavy atom. The van der Waals surface area contributed by atoms with Crippen LogP contribution in [0.5, 0.6) is 0 Å². The highest BCUT2D eigenvalue weighted by molar-refractivity contribution is 6.31. The SMILES string of the molecule is CC(C)(CO)Cn1c(=O)[nH]c2ncc(-c3ccc(F)c(Cl)c3)nc21. The smallest absolute Gasteiger partial charge is 0.328 e. The predicted molar refractivity (Wildman–Crippen MR) is 89.4 cm³/mol. The summed E-state index contributed by atoms with van der Waals surface area (Å²) in [5.41, 5.74) is 0.956. The number of hydrogen-bond acceptors (Lipinski definition) is 4. The van der Waals surface area contributed by atoms with Crippen LogP contribution in [0, 0.1) is 11.2 Å². The fourth-order valence-electron chi connectivity index (χ4n) is 2.34. The predicted octanol–water partition coefficient (Wildman–Crippen LogP) is 2.60. The maximum atomic E-state index is 13.3. The Labute approximate surface area is 141 Å². The normalized spacial score (nSPS) is 12.0. The number of nitrogens with one attached hydrogen (secondary N) is 1. The van der Waals surface area contributed by atoms with Gasteiger partial charge in [-0.3, -0.25) is 9.55 Å². The highest BCUT2D eigenvalue weighted by atomic mass is 35.5. The van der Waals surface area contributed by atoms with E-state index in [4.69, 9.17) is 11.6 Å². The van der Waals surface area contributed by atoms with E-state index in [0.717, 1.165) is 0 Å². The summed E-state index contributed by atoms with van der Waals surface area (Å²) in [7, 11) is 0. The highest BCUT2D eigenvalue weighted by Gasteiger charge is 2.21. The average Bonchev–Trinajstić information content (AvgIpc) is 2.85. The summed E-state index contributed by atoms with van der Waals surface area (Å²) in [5.74, 6) is -0.516. The lowest BCUT2D eigenvalue weighted by atomic mass is 9.95. The van der Waals surface area contributed by atoms with E-state index < -0.39 is 11.2 Å². The van der Waals surface area contributed by atoms with Gasteiger partial charge in [-0.1, -0.05) is 25.4 Å². The van der Waals surface area contributed by atoms with E-state index >= 15 is 0 Å². The van der Waals surface area contributed by atoms with E-state index in [-0.39, 0.29) is 23.9 Å². The minimum absolute atomic E-state index is 0.0118. The fraction of sp³-hybridized carbons (Fsp3) is 0.312. The summed E-state index contributed by atoms with van der Waals surface area (Å²) in [6.07, 6.45) is 1.49. The minimum Gasteiger partial charge on any atom is -0.396 e. The molecule has 0 spiro atoms. The number of imidazole rings is 1. The maximum Gasteiger partial charge on any atom is 0.328 e. The van der Waals surface area contributed by atoms with Crippen molar-refractivity contribution in [3.05, 3.63) is 45.7 Å². The van der Waals surface area contributed by atoms with Gasteiger partial charge in [0.05, 0.1) is 16.9 Å². The van der Waals surface area contributed by atoms with Crippen molar-refractivity contribution in [3.8, 4) is 11.3 Å². The number of rotatable bonds is 4. The molecule has 0 saturated carbocycles. The molecule has 0 unspecified atom stereocenters. The number of H-pyrrole nitrogens is 1. The monoisotopic (exact) mass is 350 g/mol. The second-order valence-corrected chi connectivity index (χ2v) is 6.80. The second-order valence-electron chi connectivity index (χ2n) is 6.39. The Morgan fingerprint density at radius 2 is 2.17 bits per heavy atom. The molecular formula is C16H16ClFN4O2. The number of nitrogens with zero attached hydrogens (tertiary/aromatic N) is 3. The molecular weight excluding hydrogens is 335 g/mol. The Kier molecular flexibility index (Phi) is 4.15. The van der Waals surface area contributed by atoms with Crippen molar-refractivity contribution < 1.29 is 9.50 Å². The van der Waals surface area contributed by atoms with Gasteiger partial charge in [-0.05, 0) is 18.2 Å². The van der Waals surface area contributed by atoms with Crippen LogP contribution in [0.15, 0.2) is 29.2 Å². The zero-order valence-corrected chi connectivity index (χ0v) is 13.9. The van der Waals surface area contributed by atoms with Crippen molar-refractivity contribution in [2.45, 2.75) is 20.4 Å². The van der Waals surface area contributed by atoms with Gasteiger partial charge in [0.2, 0.25) is 0 Å². The molecule has 0 aliphatic heterocycles. The molecule has 2 N–H and O–H groups in total. The molecule has 0 saturated heterocycles. The molecule has 0 amide bonds. The van der Waals surface area contributed by atoms with Crippen LogP contribution in [0.4, 0.5) is 4.39 Å². The number of benzene rings is 1. The summed E-state index contributed by atoms with van der Waals surface area (Å²) < 4.78 is 14.8. The Bertz CT molecular complexity index is 964. The third-order valence-electron chi connectivity index (χ3n) is 3.71. The number of aromatic nitrogens is 4. The fourth-order valence-corrected chi connectivity index (χ4v) is 2.52. The van der Waals surface area contributed by atoms with E-state index in [0.29, 0.717) is 22.6 Å². The van der Waals surface area contributed by atoms with Gasteiger partial charge in [0.15, 0.2) is 11.3 Å². The second kappa shape index (κ2) is 5.99. The first-order chi connectivity index (χ1) is 11.3. The lowest BCUT2D eigenvalue weighted by Crippen LogP contribution is -2.29. The average molecular weight is 351 g/mol. The van der Waals surface area contributed by atoms with Gasteiger partial charge in [0, 0.05) is 24.1 Å². The molecule has 24 heavy (non-hydrogen) atoms. The number of aliphatic hydroxyl groups is 1. The molecule has 0 fully saturated rings. The highest BCUT2D eigenvalue weighted by Crippen LogP contribution is 2.24. The maximum absolute atomic E-state index is 13.3. The van der Waals surface area contributed by atoms with Gasteiger partial charge < -0.3 is 5.11 Å². The number of aliphatic hydroxyl groups excluding tert-OH is 1. The van der Waals surface area contributed by atoms with E-state index in [1.165, 1.54) is 22.9 Å². The van der Waals surface area contributed by atoms with Gasteiger partial charge in [0.1, 0.15) is 5.82 Å². The third kappa shape index (κ3) is 3.05. The number of aromatic amines is 1. The summed E-state index contributed by atoms with van der Waals surface area (Å²) in [4.78, 5) is 23.5. The third-order valence-corrected chi connectivity index (χ3v) is 4.00. The molecule has 0 bridgehead atoms. The van der Waals surface area contributed by atoms with Gasteiger partial charge in [-0.15, -0.1) is 0 Å². The number of fused-ring (bicyclic) bond motifs is 1. The summed E-state index contributed by atoms with van der Waals surface area (Å²) >= 11 is 5.81. The van der Waals surface area contributed by atoms with Crippen molar-refractivity contribution in [3.63, 3.8) is 0 Å². The summed E-state index contributed by atoms with van der Waals surface area (Å²) in [6, 6.07) is 4.26. The van der Waals surface area contributed by atoms with Crippen LogP contribution in [-0.2, 0) is 6.54 Å². The van der Waals surface area contributed by atoms with E-state index in [2.05, 4.69) is 15.0 Å². The lowest BCUT2D eigenvalue weighted by molar-refractivity contribution is 0.141. The first kappa shape index (κ1) is 16.6. The molecule has 126 valence electrons. The van der Waals surface area contributed by atoms with Crippen LogP contribution < -0.4 is 5.69 Å². The van der Waals surface area contributed by atoms with Crippen LogP contribution in [0.3, 0.4) is 0 Å². The molecule has 3 aromatic rings. The molecule has 0 aliphatic rings. The van der Waals surface area contributed by atoms with E-state index in [1.807, 2.05) is 13.8 Å². The van der Waals surface area contributed by atoms with Crippen molar-refractivity contribution in [2.24, 2.45) is 5.41 Å². The Balaban J connectivity index is 2.13. The molecule has 1 aromatic carbocycles. The van der Waals surface area contributed by atoms with Crippen molar-refractivity contribution in [2.75, 3.05) is 6.61 Å². The summed E-state index contributed by atoms with van der Waals surface area (Å²) in [5, 5.41) is 9.42. The minimum atomic E-state index is -0.516. The van der Waals surface area contributed by atoms with Gasteiger partial charge in [-0.25, -0.2) is 19.2 Å². The zero-order valence-electron chi connectivity index (χ0n) is 13.2. The summed E-state index contributed by atoms with van der Waals surface area (Å²) in [6.45, 7) is 3.89. The van der Waals surface area contributed by atoms with Gasteiger partial charge >= 0.3 is 5.69 Å². The lowest BCUT2D eigenvalue weighted by Gasteiger charge is -2.21. The zero-order chi connectivity index (χ0) is 17.5. The van der Waals surface area contributed by atoms with Crippen molar-refractivity contribution in [1.29, 1.82) is 0 Å². The van der Waals surface area contributed by atoms with Crippen LogP contribution in [0.2, 0.25) is 5.02 Å². The van der Waals surface area contributed by atoms with Crippen LogP contribution in [0.1, 0.15) is 13.8 Å². The topological polar surface area (TPSA) is 83.8 Å². The molecule has 3 rings (SSSR count). The molecule has 0 radical (unpaired) electrons. The van der Waals surface area contributed by atoms with Crippen molar-refractivity contribution in [1.82, 2.24) is 19.5 Å². The Morgan fingerprint density at radius 3 is 2.83 bits per heavy atom. The quantitative estimate of drug-likeness (QED) is 0.757. The molecule has 6 nitrogen and oxygen atoms in total. The standard InChI is InChI=1S/C16H16ClFN4O2/c1-16(2,8-23)7-22-14-13(21-15(22)24)19-6-12(20-14)9-3-4-11(18)10(17)5-9/h3-6,23H,7-8H2,1-2H3,(H,19,21,24). The molecule has 2 aromatic heterocycles. The first-order valence-corrected chi connectivity index (χ1v) is 7.70. The molecule has 8 heteroatoms. The van der Waals surface area contributed by atoms with E-state index in [1.54, 1.807) is 6.07 Å². The molecule has 2 heterocycles. The van der Waals surface area contributed by atoms with Crippen LogP contribution in [-0.4, -0.2) is 31.2 Å². The first-order valence-electron chi connectivity index (χ1n) is 7.32. The van der Waals surface area contributed by atoms with Crippen LogP contribution >= 0.6 is 11.6 Å². The Hall–Kier alpha value is -2.25. The number of halogens is 2. The van der Waals surface area contributed by atoms with E-state index in [9.17, 15) is 14.3 Å². The largest absolute Gasteiger partial charge is 0.396 e. The molecule has 0 atom stereocenters. The van der Waals surface area contributed by atoms with Crippen molar-refractivity contribution >= 4 is 22.9 Å². The molecule has 0 aliphatic carbocycles. The number of hydrogen-bond donors (Lipinski definition) is 2. The van der Waals surface area contributed by atoms with Gasteiger partial charge in [0.25, 0.3) is 0 Å².